The molecule has 1 aliphatic rings. The van der Waals surface area contributed by atoms with Crippen molar-refractivity contribution >= 4 is 22.9 Å². The van der Waals surface area contributed by atoms with Crippen LogP contribution in [0.1, 0.15) is 30.0 Å². The van der Waals surface area contributed by atoms with Crippen molar-refractivity contribution in [1.82, 2.24) is 19.4 Å². The maximum atomic E-state index is 12.6. The Bertz CT molecular complexity index is 940. The van der Waals surface area contributed by atoms with Crippen LogP contribution in [0.25, 0.3) is 11.2 Å². The number of hydrogen-bond acceptors (Lipinski definition) is 3. The summed E-state index contributed by atoms with van der Waals surface area (Å²) in [4.78, 5) is 23.4. The van der Waals surface area contributed by atoms with Crippen molar-refractivity contribution in [2.45, 2.75) is 32.7 Å². The van der Waals surface area contributed by atoms with Crippen LogP contribution >= 0.6 is 0 Å². The normalized spacial score (nSPS) is 15.4. The summed E-state index contributed by atoms with van der Waals surface area (Å²) < 4.78 is 2.15. The van der Waals surface area contributed by atoms with Gasteiger partial charge in [-0.05, 0) is 56.0 Å². The first-order valence-electron chi connectivity index (χ1n) is 9.02. The van der Waals surface area contributed by atoms with Crippen LogP contribution in [0.3, 0.4) is 0 Å². The van der Waals surface area contributed by atoms with Crippen LogP contribution in [0, 0.1) is 13.8 Å². The minimum atomic E-state index is -0.0224. The summed E-state index contributed by atoms with van der Waals surface area (Å²) in [6.45, 7) is 5.50. The fourth-order valence-corrected chi connectivity index (χ4v) is 3.55. The van der Waals surface area contributed by atoms with E-state index >= 15 is 0 Å². The number of nitrogens with one attached hydrogen (secondary N) is 1. The molecule has 1 saturated heterocycles. The number of rotatable bonds is 2. The summed E-state index contributed by atoms with van der Waals surface area (Å²) >= 11 is 0. The van der Waals surface area contributed by atoms with Crippen molar-refractivity contribution in [3.8, 4) is 0 Å². The molecule has 4 rings (SSSR count). The second-order valence-corrected chi connectivity index (χ2v) is 6.96. The zero-order chi connectivity index (χ0) is 18.1. The van der Waals surface area contributed by atoms with Crippen LogP contribution in [0.5, 0.6) is 0 Å². The Morgan fingerprint density at radius 2 is 1.96 bits per heavy atom. The Kier molecular flexibility index (Phi) is 4.32. The van der Waals surface area contributed by atoms with Gasteiger partial charge in [-0.1, -0.05) is 12.1 Å². The lowest BCUT2D eigenvalue weighted by Crippen LogP contribution is -2.41. The Balaban J connectivity index is 1.41. The highest BCUT2D eigenvalue weighted by Gasteiger charge is 2.25. The van der Waals surface area contributed by atoms with E-state index in [0.717, 1.165) is 53.9 Å². The summed E-state index contributed by atoms with van der Waals surface area (Å²) in [6, 6.07) is 10.3. The van der Waals surface area contributed by atoms with Crippen LogP contribution in [-0.2, 0) is 0 Å². The number of amides is 2. The van der Waals surface area contributed by atoms with Gasteiger partial charge in [0, 0.05) is 31.0 Å². The molecule has 26 heavy (non-hydrogen) atoms. The van der Waals surface area contributed by atoms with Crippen LogP contribution in [0.15, 0.2) is 42.9 Å². The number of urea groups is 1. The van der Waals surface area contributed by atoms with Crippen LogP contribution in [-0.4, -0.2) is 38.6 Å². The molecule has 2 amide bonds. The number of nitrogens with zero attached hydrogens (tertiary/aromatic N) is 4. The van der Waals surface area contributed by atoms with E-state index in [0.29, 0.717) is 6.04 Å². The van der Waals surface area contributed by atoms with Gasteiger partial charge in [0.15, 0.2) is 5.65 Å². The number of carbonyl (C=O) groups is 1. The monoisotopic (exact) mass is 349 g/mol. The van der Waals surface area contributed by atoms with Crippen molar-refractivity contribution < 1.29 is 4.79 Å². The number of carbonyl (C=O) groups excluding carboxylic acids is 1. The van der Waals surface area contributed by atoms with E-state index in [-0.39, 0.29) is 6.03 Å². The first-order valence-corrected chi connectivity index (χ1v) is 9.02. The molecule has 6 nitrogen and oxygen atoms in total. The van der Waals surface area contributed by atoms with Gasteiger partial charge in [-0.3, -0.25) is 0 Å². The first-order chi connectivity index (χ1) is 12.6. The second kappa shape index (κ2) is 6.78. The first kappa shape index (κ1) is 16.6. The number of aromatic nitrogens is 3. The molecule has 0 atom stereocenters. The topological polar surface area (TPSA) is 63.1 Å². The lowest BCUT2D eigenvalue weighted by molar-refractivity contribution is 0.184. The molecule has 1 fully saturated rings. The predicted octanol–water partition coefficient (Wildman–Crippen LogP) is 3.92. The van der Waals surface area contributed by atoms with E-state index in [9.17, 15) is 4.79 Å². The molecule has 134 valence electrons. The standard InChI is InChI=1S/C20H23N5O/c1-14-5-6-15(2)18(12-14)23-20(26)24-10-7-16(8-11-24)25-13-22-17-4-3-9-21-19(17)25/h3-6,9,12-13,16H,7-8,10-11H2,1-2H3,(H,23,26). The van der Waals surface area contributed by atoms with Gasteiger partial charge in [0.25, 0.3) is 0 Å². The third-order valence-corrected chi connectivity index (χ3v) is 5.11. The summed E-state index contributed by atoms with van der Waals surface area (Å²) in [5.41, 5.74) is 4.95. The molecule has 1 N–H and O–H groups in total. The minimum Gasteiger partial charge on any atom is -0.324 e. The van der Waals surface area contributed by atoms with E-state index in [1.165, 1.54) is 0 Å². The van der Waals surface area contributed by atoms with Gasteiger partial charge in [-0.2, -0.15) is 0 Å². The van der Waals surface area contributed by atoms with Crippen LogP contribution < -0.4 is 5.32 Å². The van der Waals surface area contributed by atoms with E-state index in [1.807, 2.05) is 49.3 Å². The highest BCUT2D eigenvalue weighted by atomic mass is 16.2. The Morgan fingerprint density at radius 1 is 1.15 bits per heavy atom. The number of aryl methyl sites for hydroxylation is 2. The average molecular weight is 349 g/mol. The number of imidazole rings is 1. The molecule has 1 aliphatic heterocycles. The zero-order valence-electron chi connectivity index (χ0n) is 15.1. The molecule has 3 heterocycles. The van der Waals surface area contributed by atoms with Crippen LogP contribution in [0.4, 0.5) is 10.5 Å². The fraction of sp³-hybridized carbons (Fsp3) is 0.350. The molecule has 3 aromatic rings. The fourth-order valence-electron chi connectivity index (χ4n) is 3.55. The summed E-state index contributed by atoms with van der Waals surface area (Å²) in [7, 11) is 0. The van der Waals surface area contributed by atoms with E-state index in [1.54, 1.807) is 6.20 Å². The molecule has 6 heteroatoms. The number of likely N-dealkylation sites (tertiary alicyclic amines) is 1. The van der Waals surface area contributed by atoms with Crippen LogP contribution in [0.2, 0.25) is 0 Å². The quantitative estimate of drug-likeness (QED) is 0.763. The molecule has 0 radical (unpaired) electrons. The Morgan fingerprint density at radius 3 is 2.77 bits per heavy atom. The van der Waals surface area contributed by atoms with Crippen molar-refractivity contribution in [3.05, 3.63) is 54.0 Å². The maximum absolute atomic E-state index is 12.6. The van der Waals surface area contributed by atoms with Crippen molar-refractivity contribution in [3.63, 3.8) is 0 Å². The molecule has 0 aliphatic carbocycles. The molecule has 0 unspecified atom stereocenters. The lowest BCUT2D eigenvalue weighted by atomic mass is 10.1. The maximum Gasteiger partial charge on any atom is 0.321 e. The molecule has 1 aromatic carbocycles. The number of hydrogen-bond donors (Lipinski definition) is 1. The van der Waals surface area contributed by atoms with Gasteiger partial charge < -0.3 is 14.8 Å². The zero-order valence-corrected chi connectivity index (χ0v) is 15.1. The summed E-state index contributed by atoms with van der Waals surface area (Å²) in [5.74, 6) is 0. The smallest absolute Gasteiger partial charge is 0.321 e. The number of piperidine rings is 1. The summed E-state index contributed by atoms with van der Waals surface area (Å²) in [6.07, 6.45) is 5.48. The lowest BCUT2D eigenvalue weighted by Gasteiger charge is -2.32. The predicted molar refractivity (Wildman–Crippen MR) is 102 cm³/mol. The third-order valence-electron chi connectivity index (χ3n) is 5.11. The Hall–Kier alpha value is -2.89. The molecule has 2 aromatic heterocycles. The second-order valence-electron chi connectivity index (χ2n) is 6.96. The van der Waals surface area contributed by atoms with E-state index < -0.39 is 0 Å². The number of benzene rings is 1. The minimum absolute atomic E-state index is 0.0224. The number of pyridine rings is 1. The van der Waals surface area contributed by atoms with Gasteiger partial charge >= 0.3 is 6.03 Å². The number of anilines is 1. The average Bonchev–Trinajstić information content (AvgIpc) is 3.09. The third kappa shape index (κ3) is 3.14. The highest BCUT2D eigenvalue weighted by molar-refractivity contribution is 5.90. The molecule has 0 saturated carbocycles. The molecule has 0 bridgehead atoms. The van der Waals surface area contributed by atoms with Gasteiger partial charge in [-0.15, -0.1) is 0 Å². The molecular formula is C20H23N5O. The molecule has 0 spiro atoms. The SMILES string of the molecule is Cc1ccc(C)c(NC(=O)N2CCC(n3cnc4cccnc43)CC2)c1. The van der Waals surface area contributed by atoms with Gasteiger partial charge in [0.1, 0.15) is 5.52 Å². The van der Waals surface area contributed by atoms with Crippen molar-refractivity contribution in [2.75, 3.05) is 18.4 Å². The van der Waals surface area contributed by atoms with E-state index in [4.69, 9.17) is 0 Å². The number of fused-ring (bicyclic) bond motifs is 1. The molecular weight excluding hydrogens is 326 g/mol. The van der Waals surface area contributed by atoms with Crippen molar-refractivity contribution in [1.29, 1.82) is 0 Å². The van der Waals surface area contributed by atoms with Gasteiger partial charge in [-0.25, -0.2) is 14.8 Å². The largest absolute Gasteiger partial charge is 0.324 e. The summed E-state index contributed by atoms with van der Waals surface area (Å²) in [5, 5.41) is 3.06. The highest BCUT2D eigenvalue weighted by Crippen LogP contribution is 2.26. The Labute approximate surface area is 152 Å². The van der Waals surface area contributed by atoms with E-state index in [2.05, 4.69) is 25.9 Å². The van der Waals surface area contributed by atoms with Crippen molar-refractivity contribution in [2.24, 2.45) is 0 Å². The van der Waals surface area contributed by atoms with Gasteiger partial charge in [0.05, 0.1) is 6.33 Å². The van der Waals surface area contributed by atoms with Gasteiger partial charge in [0.2, 0.25) is 0 Å².